The van der Waals surface area contributed by atoms with E-state index < -0.39 is 0 Å². The molecule has 0 bridgehead atoms. The molecule has 1 aliphatic rings. The van der Waals surface area contributed by atoms with Crippen molar-refractivity contribution in [2.45, 2.75) is 25.7 Å². The van der Waals surface area contributed by atoms with Gasteiger partial charge < -0.3 is 0 Å². The minimum absolute atomic E-state index is 0.0293. The predicted octanol–water partition coefficient (Wildman–Crippen LogP) is 1.77. The average molecular weight is 218 g/mol. The number of aryl methyl sites for hydroxylation is 2. The highest BCUT2D eigenvalue weighted by molar-refractivity contribution is 5.94. The molecular weight excluding hydrogens is 200 g/mol. The molecule has 0 saturated heterocycles. The SMILES string of the molecule is CN(C)NC(=O)c1ccc2c(c1)CCCC2. The first-order chi connectivity index (χ1) is 7.66. The standard InChI is InChI=1S/C13H18N2O/c1-15(2)14-13(16)12-8-7-10-5-3-4-6-11(10)9-12/h7-9H,3-6H2,1-2H3,(H,14,16). The number of hydrogen-bond donors (Lipinski definition) is 1. The molecule has 3 heteroatoms. The number of fused-ring (bicyclic) bond motifs is 1. The minimum atomic E-state index is -0.0293. The molecule has 3 nitrogen and oxygen atoms in total. The summed E-state index contributed by atoms with van der Waals surface area (Å²) < 4.78 is 0. The fourth-order valence-corrected chi connectivity index (χ4v) is 2.14. The third-order valence-electron chi connectivity index (χ3n) is 2.94. The molecular formula is C13H18N2O. The second kappa shape index (κ2) is 4.66. The molecule has 2 rings (SSSR count). The van der Waals surface area contributed by atoms with E-state index in [0.29, 0.717) is 0 Å². The summed E-state index contributed by atoms with van der Waals surface area (Å²) in [4.78, 5) is 11.8. The lowest BCUT2D eigenvalue weighted by molar-refractivity contribution is 0.0857. The molecule has 0 heterocycles. The second-order valence-electron chi connectivity index (χ2n) is 4.53. The van der Waals surface area contributed by atoms with E-state index >= 15 is 0 Å². The molecule has 0 radical (unpaired) electrons. The zero-order valence-electron chi connectivity index (χ0n) is 9.92. The maximum Gasteiger partial charge on any atom is 0.265 e. The maximum absolute atomic E-state index is 11.8. The Balaban J connectivity index is 2.19. The van der Waals surface area contributed by atoms with Gasteiger partial charge in [0.25, 0.3) is 5.91 Å². The lowest BCUT2D eigenvalue weighted by atomic mass is 9.90. The fourth-order valence-electron chi connectivity index (χ4n) is 2.14. The van der Waals surface area contributed by atoms with Crippen LogP contribution < -0.4 is 5.43 Å². The molecule has 1 aromatic rings. The summed E-state index contributed by atoms with van der Waals surface area (Å²) in [6.07, 6.45) is 4.78. The van der Waals surface area contributed by atoms with E-state index in [2.05, 4.69) is 11.5 Å². The van der Waals surface area contributed by atoms with Crippen molar-refractivity contribution >= 4 is 5.91 Å². The Kier molecular flexibility index (Phi) is 3.25. The van der Waals surface area contributed by atoms with Gasteiger partial charge in [-0.05, 0) is 48.9 Å². The number of benzene rings is 1. The van der Waals surface area contributed by atoms with Crippen LogP contribution in [0.15, 0.2) is 18.2 Å². The van der Waals surface area contributed by atoms with E-state index in [0.717, 1.165) is 18.4 Å². The van der Waals surface area contributed by atoms with Crippen LogP contribution in [-0.2, 0) is 12.8 Å². The molecule has 16 heavy (non-hydrogen) atoms. The number of rotatable bonds is 2. The number of carbonyl (C=O) groups is 1. The molecule has 0 aromatic heterocycles. The van der Waals surface area contributed by atoms with Gasteiger partial charge in [0.15, 0.2) is 0 Å². The normalized spacial score (nSPS) is 14.7. The number of hydrogen-bond acceptors (Lipinski definition) is 2. The minimum Gasteiger partial charge on any atom is -0.285 e. The van der Waals surface area contributed by atoms with E-state index in [1.807, 2.05) is 26.2 Å². The largest absolute Gasteiger partial charge is 0.285 e. The summed E-state index contributed by atoms with van der Waals surface area (Å²) in [5.74, 6) is -0.0293. The van der Waals surface area contributed by atoms with Crippen molar-refractivity contribution in [3.63, 3.8) is 0 Å². The van der Waals surface area contributed by atoms with Gasteiger partial charge in [0, 0.05) is 19.7 Å². The zero-order chi connectivity index (χ0) is 11.5. The molecule has 1 N–H and O–H groups in total. The van der Waals surface area contributed by atoms with E-state index in [4.69, 9.17) is 0 Å². The van der Waals surface area contributed by atoms with Gasteiger partial charge in [0.2, 0.25) is 0 Å². The third kappa shape index (κ3) is 2.42. The molecule has 0 aliphatic heterocycles. The molecule has 0 spiro atoms. The number of carbonyl (C=O) groups excluding carboxylic acids is 1. The van der Waals surface area contributed by atoms with E-state index in [9.17, 15) is 4.79 Å². The first-order valence-corrected chi connectivity index (χ1v) is 5.77. The van der Waals surface area contributed by atoms with E-state index in [1.54, 1.807) is 5.01 Å². The van der Waals surface area contributed by atoms with Gasteiger partial charge >= 0.3 is 0 Å². The Bertz CT molecular complexity index is 399. The van der Waals surface area contributed by atoms with Crippen LogP contribution >= 0.6 is 0 Å². The summed E-state index contributed by atoms with van der Waals surface area (Å²) >= 11 is 0. The summed E-state index contributed by atoms with van der Waals surface area (Å²) in [5, 5.41) is 1.67. The van der Waals surface area contributed by atoms with Crippen molar-refractivity contribution in [2.24, 2.45) is 0 Å². The smallest absolute Gasteiger partial charge is 0.265 e. The van der Waals surface area contributed by atoms with Crippen LogP contribution in [-0.4, -0.2) is 25.0 Å². The monoisotopic (exact) mass is 218 g/mol. The lowest BCUT2D eigenvalue weighted by Gasteiger charge is -2.17. The summed E-state index contributed by atoms with van der Waals surface area (Å²) in [5.41, 5.74) is 6.27. The van der Waals surface area contributed by atoms with Crippen LogP contribution in [0, 0.1) is 0 Å². The van der Waals surface area contributed by atoms with Crippen molar-refractivity contribution < 1.29 is 4.79 Å². The van der Waals surface area contributed by atoms with Gasteiger partial charge in [0.1, 0.15) is 0 Å². The van der Waals surface area contributed by atoms with Crippen LogP contribution in [0.1, 0.15) is 34.3 Å². The van der Waals surface area contributed by atoms with E-state index in [-0.39, 0.29) is 5.91 Å². The van der Waals surface area contributed by atoms with Crippen LogP contribution in [0.25, 0.3) is 0 Å². The summed E-state index contributed by atoms with van der Waals surface area (Å²) in [6.45, 7) is 0. The van der Waals surface area contributed by atoms with Gasteiger partial charge in [-0.15, -0.1) is 0 Å². The van der Waals surface area contributed by atoms with Crippen molar-refractivity contribution in [1.29, 1.82) is 0 Å². The fraction of sp³-hybridized carbons (Fsp3) is 0.462. The molecule has 1 amide bonds. The number of nitrogens with zero attached hydrogens (tertiary/aromatic N) is 1. The van der Waals surface area contributed by atoms with Gasteiger partial charge in [-0.1, -0.05) is 6.07 Å². The third-order valence-corrected chi connectivity index (χ3v) is 2.94. The Labute approximate surface area is 96.4 Å². The Morgan fingerprint density at radius 2 is 1.88 bits per heavy atom. The highest BCUT2D eigenvalue weighted by Gasteiger charge is 2.12. The van der Waals surface area contributed by atoms with Gasteiger partial charge in [-0.25, -0.2) is 5.01 Å². The van der Waals surface area contributed by atoms with Crippen LogP contribution in [0.5, 0.6) is 0 Å². The quantitative estimate of drug-likeness (QED) is 0.767. The molecule has 0 unspecified atom stereocenters. The maximum atomic E-state index is 11.8. The Hall–Kier alpha value is -1.35. The van der Waals surface area contributed by atoms with Gasteiger partial charge in [0.05, 0.1) is 0 Å². The first kappa shape index (κ1) is 11.1. The Morgan fingerprint density at radius 1 is 1.19 bits per heavy atom. The summed E-state index contributed by atoms with van der Waals surface area (Å²) in [7, 11) is 3.63. The number of amides is 1. The lowest BCUT2D eigenvalue weighted by Crippen LogP contribution is -2.36. The Morgan fingerprint density at radius 3 is 2.56 bits per heavy atom. The first-order valence-electron chi connectivity index (χ1n) is 5.77. The van der Waals surface area contributed by atoms with Crippen LogP contribution in [0.2, 0.25) is 0 Å². The van der Waals surface area contributed by atoms with Crippen LogP contribution in [0.3, 0.4) is 0 Å². The van der Waals surface area contributed by atoms with Crippen molar-refractivity contribution in [2.75, 3.05) is 14.1 Å². The highest BCUT2D eigenvalue weighted by Crippen LogP contribution is 2.22. The molecule has 1 aromatic carbocycles. The molecule has 86 valence electrons. The highest BCUT2D eigenvalue weighted by atomic mass is 16.2. The second-order valence-corrected chi connectivity index (χ2v) is 4.53. The number of nitrogens with one attached hydrogen (secondary N) is 1. The predicted molar refractivity (Wildman–Crippen MR) is 64.2 cm³/mol. The molecule has 0 fully saturated rings. The zero-order valence-corrected chi connectivity index (χ0v) is 9.92. The van der Waals surface area contributed by atoms with Crippen molar-refractivity contribution in [3.05, 3.63) is 34.9 Å². The molecule has 0 atom stereocenters. The molecule has 1 aliphatic carbocycles. The summed E-state index contributed by atoms with van der Waals surface area (Å²) in [6, 6.07) is 6.05. The topological polar surface area (TPSA) is 32.3 Å². The van der Waals surface area contributed by atoms with Crippen LogP contribution in [0.4, 0.5) is 0 Å². The van der Waals surface area contributed by atoms with E-state index in [1.165, 1.54) is 24.0 Å². The average Bonchev–Trinajstić information content (AvgIpc) is 2.27. The molecule has 0 saturated carbocycles. The van der Waals surface area contributed by atoms with Crippen molar-refractivity contribution in [3.8, 4) is 0 Å². The van der Waals surface area contributed by atoms with Crippen molar-refractivity contribution in [1.82, 2.24) is 10.4 Å². The van der Waals surface area contributed by atoms with Gasteiger partial charge in [-0.2, -0.15) is 0 Å². The van der Waals surface area contributed by atoms with Gasteiger partial charge in [-0.3, -0.25) is 10.2 Å². The number of hydrazine groups is 1.